The van der Waals surface area contributed by atoms with Gasteiger partial charge in [0.05, 0.1) is 25.5 Å². The Labute approximate surface area is 177 Å². The van der Waals surface area contributed by atoms with Crippen LogP contribution in [0.3, 0.4) is 0 Å². The number of anilines is 1. The molecule has 3 aromatic rings. The number of carbonyl (C=O) groups is 3. The molecule has 1 fully saturated rings. The van der Waals surface area contributed by atoms with E-state index in [0.29, 0.717) is 17.0 Å². The largest absolute Gasteiger partial charge is 0.497 e. The highest BCUT2D eigenvalue weighted by Gasteiger charge is 2.45. The molecule has 2 heterocycles. The lowest BCUT2D eigenvalue weighted by Crippen LogP contribution is -2.45. The van der Waals surface area contributed by atoms with E-state index in [9.17, 15) is 18.8 Å². The van der Waals surface area contributed by atoms with Crippen molar-refractivity contribution in [3.63, 3.8) is 0 Å². The van der Waals surface area contributed by atoms with Gasteiger partial charge in [0, 0.05) is 6.54 Å². The molecule has 0 radical (unpaired) electrons. The van der Waals surface area contributed by atoms with Crippen molar-refractivity contribution in [2.24, 2.45) is 0 Å². The molecule has 0 bridgehead atoms. The van der Waals surface area contributed by atoms with Crippen LogP contribution in [-0.4, -0.2) is 35.8 Å². The molecule has 2 aromatic carbocycles. The molecule has 1 atom stereocenters. The minimum atomic E-state index is -1.02. The van der Waals surface area contributed by atoms with Crippen LogP contribution in [0.5, 0.6) is 5.75 Å². The number of imide groups is 1. The van der Waals surface area contributed by atoms with Crippen molar-refractivity contribution < 1.29 is 27.9 Å². The number of carbonyl (C=O) groups excluding carboxylic acids is 3. The number of hydrogen-bond donors (Lipinski definition) is 0. The summed E-state index contributed by atoms with van der Waals surface area (Å²) in [6.07, 6.45) is 1.19. The Morgan fingerprint density at radius 1 is 1.13 bits per heavy atom. The van der Waals surface area contributed by atoms with E-state index >= 15 is 0 Å². The number of halogens is 1. The molecule has 0 N–H and O–H groups in total. The minimum absolute atomic E-state index is 0.0138. The summed E-state index contributed by atoms with van der Waals surface area (Å²) in [5.74, 6) is -1.24. The fourth-order valence-corrected chi connectivity index (χ4v) is 3.51. The highest BCUT2D eigenvalue weighted by Crippen LogP contribution is 2.29. The molecule has 0 saturated carbocycles. The zero-order chi connectivity index (χ0) is 22.0. The van der Waals surface area contributed by atoms with E-state index in [2.05, 4.69) is 0 Å². The third-order valence-corrected chi connectivity index (χ3v) is 5.09. The van der Waals surface area contributed by atoms with Gasteiger partial charge in [-0.05, 0) is 54.1 Å². The molecular weight excluding hydrogens is 403 g/mol. The molecule has 158 valence electrons. The smallest absolute Gasteiger partial charge is 0.290 e. The molecule has 31 heavy (non-hydrogen) atoms. The van der Waals surface area contributed by atoms with Gasteiger partial charge in [-0.3, -0.25) is 14.4 Å². The fourth-order valence-electron chi connectivity index (χ4n) is 3.51. The quantitative estimate of drug-likeness (QED) is 0.569. The van der Waals surface area contributed by atoms with Crippen LogP contribution in [0.1, 0.15) is 22.5 Å². The molecule has 4 rings (SSSR count). The summed E-state index contributed by atoms with van der Waals surface area (Å²) < 4.78 is 23.6. The van der Waals surface area contributed by atoms with Gasteiger partial charge in [-0.1, -0.05) is 12.1 Å². The van der Waals surface area contributed by atoms with Crippen molar-refractivity contribution >= 4 is 23.4 Å². The lowest BCUT2D eigenvalue weighted by molar-refractivity contribution is -0.122. The average Bonchev–Trinajstić information content (AvgIpc) is 3.41. The lowest BCUT2D eigenvalue weighted by atomic mass is 10.1. The first-order chi connectivity index (χ1) is 15.0. The van der Waals surface area contributed by atoms with Crippen molar-refractivity contribution in [3.05, 3.63) is 84.1 Å². The first-order valence-electron chi connectivity index (χ1n) is 9.57. The predicted molar refractivity (Wildman–Crippen MR) is 109 cm³/mol. The first kappa shape index (κ1) is 20.3. The van der Waals surface area contributed by atoms with E-state index in [4.69, 9.17) is 9.15 Å². The highest BCUT2D eigenvalue weighted by molar-refractivity contribution is 6.23. The van der Waals surface area contributed by atoms with Crippen molar-refractivity contribution in [2.45, 2.75) is 19.0 Å². The van der Waals surface area contributed by atoms with E-state index in [1.165, 1.54) is 48.6 Å². The number of ether oxygens (including phenoxy) is 1. The van der Waals surface area contributed by atoms with Gasteiger partial charge in [0.1, 0.15) is 17.6 Å². The van der Waals surface area contributed by atoms with Crippen molar-refractivity contribution in [1.82, 2.24) is 4.90 Å². The summed E-state index contributed by atoms with van der Waals surface area (Å²) >= 11 is 0. The molecule has 0 aliphatic carbocycles. The van der Waals surface area contributed by atoms with Crippen LogP contribution >= 0.6 is 0 Å². The monoisotopic (exact) mass is 422 g/mol. The van der Waals surface area contributed by atoms with Gasteiger partial charge in [0.2, 0.25) is 5.91 Å². The topological polar surface area (TPSA) is 80.1 Å². The third-order valence-electron chi connectivity index (χ3n) is 5.09. The van der Waals surface area contributed by atoms with E-state index in [-0.39, 0.29) is 18.7 Å². The average molecular weight is 422 g/mol. The number of rotatable bonds is 6. The van der Waals surface area contributed by atoms with E-state index in [1.807, 2.05) is 0 Å². The second kappa shape index (κ2) is 8.43. The number of benzene rings is 2. The van der Waals surface area contributed by atoms with Crippen LogP contribution in [0.15, 0.2) is 71.3 Å². The maximum absolute atomic E-state index is 13.3. The van der Waals surface area contributed by atoms with Crippen molar-refractivity contribution in [1.29, 1.82) is 0 Å². The Bertz CT molecular complexity index is 1090. The molecule has 1 saturated heterocycles. The Morgan fingerprint density at radius 3 is 2.45 bits per heavy atom. The second-order valence-corrected chi connectivity index (χ2v) is 7.02. The zero-order valence-corrected chi connectivity index (χ0v) is 16.7. The standard InChI is InChI=1S/C23H19FN2O5/c1-30-18-10-8-17(9-11-18)26-21(27)13-19(22(26)28)25(23(29)20-3-2-12-31-20)14-15-4-6-16(24)7-5-15/h2-12,19H,13-14H2,1H3. The Hall–Kier alpha value is -3.94. The number of hydrogen-bond acceptors (Lipinski definition) is 5. The van der Waals surface area contributed by atoms with Gasteiger partial charge in [-0.15, -0.1) is 0 Å². The second-order valence-electron chi connectivity index (χ2n) is 7.02. The van der Waals surface area contributed by atoms with E-state index in [1.54, 1.807) is 30.3 Å². The molecule has 1 aliphatic heterocycles. The van der Waals surface area contributed by atoms with E-state index < -0.39 is 29.6 Å². The van der Waals surface area contributed by atoms with Crippen LogP contribution in [0.2, 0.25) is 0 Å². The first-order valence-corrected chi connectivity index (χ1v) is 9.57. The molecule has 8 heteroatoms. The van der Waals surface area contributed by atoms with Crippen LogP contribution in [0, 0.1) is 5.82 Å². The summed E-state index contributed by atoms with van der Waals surface area (Å²) in [6, 6.07) is 14.1. The summed E-state index contributed by atoms with van der Waals surface area (Å²) in [7, 11) is 1.52. The number of nitrogens with zero attached hydrogens (tertiary/aromatic N) is 2. The van der Waals surface area contributed by atoms with Gasteiger partial charge >= 0.3 is 0 Å². The molecule has 3 amide bonds. The summed E-state index contributed by atoms with van der Waals surface area (Å²) in [5, 5.41) is 0. The normalized spacial score (nSPS) is 15.9. The molecule has 7 nitrogen and oxygen atoms in total. The van der Waals surface area contributed by atoms with Crippen LogP contribution in [0.4, 0.5) is 10.1 Å². The maximum Gasteiger partial charge on any atom is 0.290 e. The predicted octanol–water partition coefficient (Wildman–Crippen LogP) is 3.40. The highest BCUT2D eigenvalue weighted by atomic mass is 19.1. The summed E-state index contributed by atoms with van der Waals surface area (Å²) in [6.45, 7) is 0.0138. The molecule has 1 unspecified atom stereocenters. The molecule has 1 aromatic heterocycles. The van der Waals surface area contributed by atoms with Crippen molar-refractivity contribution in [2.75, 3.05) is 12.0 Å². The Kier molecular flexibility index (Phi) is 5.53. The van der Waals surface area contributed by atoms with Crippen LogP contribution < -0.4 is 9.64 Å². The van der Waals surface area contributed by atoms with Gasteiger partial charge in [0.25, 0.3) is 11.8 Å². The van der Waals surface area contributed by atoms with Crippen LogP contribution in [-0.2, 0) is 16.1 Å². The van der Waals surface area contributed by atoms with Gasteiger partial charge in [-0.2, -0.15) is 0 Å². The zero-order valence-electron chi connectivity index (χ0n) is 16.7. The fraction of sp³-hybridized carbons (Fsp3) is 0.174. The minimum Gasteiger partial charge on any atom is -0.497 e. The lowest BCUT2D eigenvalue weighted by Gasteiger charge is -2.27. The number of amides is 3. The summed E-state index contributed by atoms with van der Waals surface area (Å²) in [5.41, 5.74) is 1.01. The number of methoxy groups -OCH3 is 1. The summed E-state index contributed by atoms with van der Waals surface area (Å²) in [4.78, 5) is 41.4. The molecule has 0 spiro atoms. The third kappa shape index (κ3) is 4.05. The SMILES string of the molecule is COc1ccc(N2C(=O)CC(N(Cc3ccc(F)cc3)C(=O)c3ccco3)C2=O)cc1. The van der Waals surface area contributed by atoms with Crippen LogP contribution in [0.25, 0.3) is 0 Å². The van der Waals surface area contributed by atoms with Gasteiger partial charge < -0.3 is 14.1 Å². The number of furan rings is 1. The van der Waals surface area contributed by atoms with Gasteiger partial charge in [0.15, 0.2) is 5.76 Å². The van der Waals surface area contributed by atoms with Gasteiger partial charge in [-0.25, -0.2) is 9.29 Å². The molecule has 1 aliphatic rings. The van der Waals surface area contributed by atoms with E-state index in [0.717, 1.165) is 4.90 Å². The molecular formula is C23H19FN2O5. The maximum atomic E-state index is 13.3. The Morgan fingerprint density at radius 2 is 1.84 bits per heavy atom. The Balaban J connectivity index is 1.65. The van der Waals surface area contributed by atoms with Crippen molar-refractivity contribution in [3.8, 4) is 5.75 Å².